The molecule has 0 unspecified atom stereocenters. The molecule has 2 aromatic carbocycles. The number of benzene rings is 2. The van der Waals surface area contributed by atoms with Crippen LogP contribution in [0.1, 0.15) is 5.56 Å². The standard InChI is InChI=1S/C19H23ClN2O3/c1-22(11-12-25-17-9-7-16(20)8-10-17)14-19(23)21-13-15-5-3-4-6-18(15)24-2/h3-10H,11-14H2,1-2H3,(H,21,23). The van der Waals surface area contributed by atoms with Crippen molar-refractivity contribution in [2.24, 2.45) is 0 Å². The highest BCUT2D eigenvalue weighted by Crippen LogP contribution is 2.17. The fraction of sp³-hybridized carbons (Fsp3) is 0.316. The van der Waals surface area contributed by atoms with E-state index in [0.717, 1.165) is 17.1 Å². The van der Waals surface area contributed by atoms with Crippen LogP contribution in [0.3, 0.4) is 0 Å². The number of amides is 1. The van der Waals surface area contributed by atoms with Crippen molar-refractivity contribution in [3.05, 3.63) is 59.1 Å². The highest BCUT2D eigenvalue weighted by Gasteiger charge is 2.08. The lowest BCUT2D eigenvalue weighted by Gasteiger charge is -2.17. The lowest BCUT2D eigenvalue weighted by atomic mass is 10.2. The van der Waals surface area contributed by atoms with Crippen molar-refractivity contribution < 1.29 is 14.3 Å². The molecule has 1 amide bonds. The summed E-state index contributed by atoms with van der Waals surface area (Å²) in [7, 11) is 3.50. The number of carbonyl (C=O) groups excluding carboxylic acids is 1. The molecule has 0 saturated carbocycles. The zero-order valence-corrected chi connectivity index (χ0v) is 15.3. The highest BCUT2D eigenvalue weighted by atomic mass is 35.5. The first kappa shape index (κ1) is 19.1. The summed E-state index contributed by atoms with van der Waals surface area (Å²) in [6, 6.07) is 14.8. The minimum atomic E-state index is -0.0418. The van der Waals surface area contributed by atoms with Gasteiger partial charge in [0.05, 0.1) is 13.7 Å². The lowest BCUT2D eigenvalue weighted by molar-refractivity contribution is -0.122. The Morgan fingerprint density at radius 3 is 2.60 bits per heavy atom. The molecule has 0 saturated heterocycles. The maximum atomic E-state index is 12.0. The molecule has 0 aliphatic heterocycles. The molecule has 2 rings (SSSR count). The monoisotopic (exact) mass is 362 g/mol. The van der Waals surface area contributed by atoms with Crippen molar-refractivity contribution in [1.29, 1.82) is 0 Å². The van der Waals surface area contributed by atoms with Crippen LogP contribution < -0.4 is 14.8 Å². The third kappa shape index (κ3) is 6.64. The van der Waals surface area contributed by atoms with Crippen molar-refractivity contribution in [2.45, 2.75) is 6.54 Å². The maximum absolute atomic E-state index is 12.0. The van der Waals surface area contributed by atoms with Crippen LogP contribution in [-0.4, -0.2) is 44.7 Å². The lowest BCUT2D eigenvalue weighted by Crippen LogP contribution is -2.36. The topological polar surface area (TPSA) is 50.8 Å². The fourth-order valence-corrected chi connectivity index (χ4v) is 2.40. The summed E-state index contributed by atoms with van der Waals surface area (Å²) in [5, 5.41) is 3.58. The summed E-state index contributed by atoms with van der Waals surface area (Å²) in [5.74, 6) is 1.49. The molecule has 0 aliphatic rings. The molecule has 2 aromatic rings. The number of hydrogen-bond donors (Lipinski definition) is 1. The Kier molecular flexibility index (Phi) is 7.57. The van der Waals surface area contributed by atoms with Gasteiger partial charge in [-0.1, -0.05) is 29.8 Å². The van der Waals surface area contributed by atoms with Crippen LogP contribution in [-0.2, 0) is 11.3 Å². The largest absolute Gasteiger partial charge is 0.496 e. The first-order valence-corrected chi connectivity index (χ1v) is 8.42. The van der Waals surface area contributed by atoms with E-state index in [1.165, 1.54) is 0 Å². The molecule has 0 bridgehead atoms. The Balaban J connectivity index is 1.68. The summed E-state index contributed by atoms with van der Waals surface area (Å²) >= 11 is 5.83. The number of carbonyl (C=O) groups is 1. The summed E-state index contributed by atoms with van der Waals surface area (Å²) in [6.07, 6.45) is 0. The summed E-state index contributed by atoms with van der Waals surface area (Å²) in [5.41, 5.74) is 0.951. The number of methoxy groups -OCH3 is 1. The van der Waals surface area contributed by atoms with Crippen molar-refractivity contribution in [2.75, 3.05) is 33.9 Å². The molecule has 0 spiro atoms. The highest BCUT2D eigenvalue weighted by molar-refractivity contribution is 6.30. The number of rotatable bonds is 9. The second kappa shape index (κ2) is 9.91. The van der Waals surface area contributed by atoms with Gasteiger partial charge in [-0.3, -0.25) is 9.69 Å². The Hall–Kier alpha value is -2.24. The van der Waals surface area contributed by atoms with Crippen molar-refractivity contribution in [3.8, 4) is 11.5 Å². The quantitative estimate of drug-likeness (QED) is 0.745. The molecule has 134 valence electrons. The maximum Gasteiger partial charge on any atom is 0.234 e. The number of likely N-dealkylation sites (N-methyl/N-ethyl adjacent to an activating group) is 1. The van der Waals surface area contributed by atoms with Crippen LogP contribution in [0, 0.1) is 0 Å². The Bertz CT molecular complexity index is 677. The molecule has 1 N–H and O–H groups in total. The van der Waals surface area contributed by atoms with E-state index in [1.807, 2.05) is 48.3 Å². The number of ether oxygens (including phenoxy) is 2. The second-order valence-corrected chi connectivity index (χ2v) is 6.07. The molecular formula is C19H23ClN2O3. The van der Waals surface area contributed by atoms with Gasteiger partial charge in [-0.2, -0.15) is 0 Å². The van der Waals surface area contributed by atoms with Crippen molar-refractivity contribution in [3.63, 3.8) is 0 Å². The summed E-state index contributed by atoms with van der Waals surface area (Å²) < 4.78 is 10.9. The van der Waals surface area contributed by atoms with E-state index in [-0.39, 0.29) is 5.91 Å². The van der Waals surface area contributed by atoms with E-state index in [1.54, 1.807) is 19.2 Å². The van der Waals surface area contributed by atoms with E-state index in [4.69, 9.17) is 21.1 Å². The minimum absolute atomic E-state index is 0.0418. The van der Waals surface area contributed by atoms with Crippen molar-refractivity contribution in [1.82, 2.24) is 10.2 Å². The zero-order chi connectivity index (χ0) is 18.1. The van der Waals surface area contributed by atoms with Crippen LogP contribution >= 0.6 is 11.6 Å². The summed E-state index contributed by atoms with van der Waals surface area (Å²) in [4.78, 5) is 14.0. The Morgan fingerprint density at radius 1 is 1.16 bits per heavy atom. The van der Waals surface area contributed by atoms with Gasteiger partial charge in [0.15, 0.2) is 0 Å². The van der Waals surface area contributed by atoms with E-state index >= 15 is 0 Å². The minimum Gasteiger partial charge on any atom is -0.496 e. The third-order valence-electron chi connectivity index (χ3n) is 3.64. The van der Waals surface area contributed by atoms with Gasteiger partial charge in [0.2, 0.25) is 5.91 Å². The predicted octanol–water partition coefficient (Wildman–Crippen LogP) is 2.98. The summed E-state index contributed by atoms with van der Waals surface area (Å²) in [6.45, 7) is 1.89. The van der Waals surface area contributed by atoms with Gasteiger partial charge in [-0.15, -0.1) is 0 Å². The smallest absolute Gasteiger partial charge is 0.234 e. The van der Waals surface area contributed by atoms with E-state index in [2.05, 4.69) is 5.32 Å². The molecule has 0 aromatic heterocycles. The number of halogens is 1. The molecule has 0 radical (unpaired) electrons. The van der Waals surface area contributed by atoms with Gasteiger partial charge in [0.1, 0.15) is 18.1 Å². The van der Waals surface area contributed by atoms with Crippen LogP contribution in [0.25, 0.3) is 0 Å². The number of para-hydroxylation sites is 1. The Labute approximate surface area is 153 Å². The van der Waals surface area contributed by atoms with Crippen LogP contribution in [0.15, 0.2) is 48.5 Å². The molecule has 0 fully saturated rings. The van der Waals surface area contributed by atoms with Gasteiger partial charge in [-0.05, 0) is 37.4 Å². The fourth-order valence-electron chi connectivity index (χ4n) is 2.27. The first-order valence-electron chi connectivity index (χ1n) is 8.04. The predicted molar refractivity (Wildman–Crippen MR) is 99.3 cm³/mol. The van der Waals surface area contributed by atoms with E-state index in [9.17, 15) is 4.79 Å². The van der Waals surface area contributed by atoms with Crippen LogP contribution in [0.4, 0.5) is 0 Å². The van der Waals surface area contributed by atoms with Gasteiger partial charge < -0.3 is 14.8 Å². The number of hydrogen-bond acceptors (Lipinski definition) is 4. The van der Waals surface area contributed by atoms with Gasteiger partial charge in [-0.25, -0.2) is 0 Å². The molecule has 5 nitrogen and oxygen atoms in total. The van der Waals surface area contributed by atoms with Crippen LogP contribution in [0.5, 0.6) is 11.5 Å². The van der Waals surface area contributed by atoms with E-state index in [0.29, 0.717) is 31.3 Å². The molecule has 0 atom stereocenters. The van der Waals surface area contributed by atoms with Crippen molar-refractivity contribution >= 4 is 17.5 Å². The average molecular weight is 363 g/mol. The number of nitrogens with one attached hydrogen (secondary N) is 1. The molecular weight excluding hydrogens is 340 g/mol. The normalized spacial score (nSPS) is 10.6. The first-order chi connectivity index (χ1) is 12.1. The SMILES string of the molecule is COc1ccccc1CNC(=O)CN(C)CCOc1ccc(Cl)cc1. The molecule has 6 heteroatoms. The molecule has 0 heterocycles. The zero-order valence-electron chi connectivity index (χ0n) is 14.5. The molecule has 0 aliphatic carbocycles. The Morgan fingerprint density at radius 2 is 1.88 bits per heavy atom. The van der Waals surface area contributed by atoms with Crippen LogP contribution in [0.2, 0.25) is 5.02 Å². The third-order valence-corrected chi connectivity index (χ3v) is 3.89. The second-order valence-electron chi connectivity index (χ2n) is 5.63. The van der Waals surface area contributed by atoms with E-state index < -0.39 is 0 Å². The van der Waals surface area contributed by atoms with Gasteiger partial charge in [0.25, 0.3) is 0 Å². The molecule has 25 heavy (non-hydrogen) atoms. The van der Waals surface area contributed by atoms with Gasteiger partial charge >= 0.3 is 0 Å². The average Bonchev–Trinajstić information content (AvgIpc) is 2.62. The number of nitrogens with zero attached hydrogens (tertiary/aromatic N) is 1. The van der Waals surface area contributed by atoms with Gasteiger partial charge in [0, 0.05) is 23.7 Å².